The van der Waals surface area contributed by atoms with Gasteiger partial charge in [0.05, 0.1) is 41.5 Å². The molecule has 5 rings (SSSR count). The van der Waals surface area contributed by atoms with E-state index >= 15 is 0 Å². The number of carbonyl (C=O) groups excluding carboxylic acids is 5. The van der Waals surface area contributed by atoms with Gasteiger partial charge in [-0.25, -0.2) is 9.78 Å². The number of hydrazone groups is 1. The third-order valence-electron chi connectivity index (χ3n) is 10.0. The van der Waals surface area contributed by atoms with Gasteiger partial charge >= 0.3 is 17.9 Å². The van der Waals surface area contributed by atoms with Crippen LogP contribution in [0.1, 0.15) is 102 Å². The average molecular weight is 840 g/mol. The predicted molar refractivity (Wildman–Crippen MR) is 229 cm³/mol. The smallest absolute Gasteiger partial charge is 0.330 e. The Labute approximate surface area is 354 Å². The molecule has 3 aromatic carbocycles. The lowest BCUT2D eigenvalue weighted by molar-refractivity contribution is -0.145. The molecule has 0 bridgehead atoms. The first-order chi connectivity index (χ1) is 29.3. The molecule has 0 spiro atoms. The first kappa shape index (κ1) is 45.2. The molecule has 1 aliphatic carbocycles. The zero-order chi connectivity index (χ0) is 42.5. The van der Waals surface area contributed by atoms with E-state index in [0.29, 0.717) is 74.0 Å². The summed E-state index contributed by atoms with van der Waals surface area (Å²) in [6, 6.07) is 19.0. The molecule has 0 aliphatic heterocycles. The molecule has 0 saturated heterocycles. The maximum Gasteiger partial charge on any atom is 0.330 e. The van der Waals surface area contributed by atoms with Crippen molar-refractivity contribution in [2.24, 2.45) is 16.9 Å². The van der Waals surface area contributed by atoms with Crippen LogP contribution < -0.4 is 24.0 Å². The van der Waals surface area contributed by atoms with Gasteiger partial charge in [-0.05, 0) is 112 Å². The highest BCUT2D eigenvalue weighted by atomic mass is 32.1. The van der Waals surface area contributed by atoms with E-state index in [1.807, 2.05) is 24.3 Å². The predicted octanol–water partition coefficient (Wildman–Crippen LogP) is 9.54. The maximum atomic E-state index is 13.6. The number of unbranched alkanes of at least 4 members (excludes halogenated alkanes) is 7. The lowest BCUT2D eigenvalue weighted by Crippen LogP contribution is -2.30. The van der Waals surface area contributed by atoms with Crippen molar-refractivity contribution in [3.8, 4) is 23.0 Å². The summed E-state index contributed by atoms with van der Waals surface area (Å²) in [5, 5.41) is 6.25. The fourth-order valence-electron chi connectivity index (χ4n) is 6.67. The molecule has 0 radical (unpaired) electrons. The zero-order valence-electron chi connectivity index (χ0n) is 34.1. The van der Waals surface area contributed by atoms with Crippen molar-refractivity contribution in [1.82, 2.24) is 4.98 Å². The lowest BCUT2D eigenvalue weighted by Gasteiger charge is -2.26. The van der Waals surface area contributed by atoms with Crippen molar-refractivity contribution in [3.63, 3.8) is 0 Å². The minimum Gasteiger partial charge on any atom is -0.494 e. The maximum absolute atomic E-state index is 13.6. The van der Waals surface area contributed by atoms with Gasteiger partial charge in [-0.15, -0.1) is 0 Å². The number of carbonyl (C=O) groups is 5. The Hall–Kier alpha value is -5.89. The number of esters is 3. The topological polar surface area (TPSA) is 160 Å². The van der Waals surface area contributed by atoms with E-state index in [1.165, 1.54) is 40.8 Å². The van der Waals surface area contributed by atoms with Crippen molar-refractivity contribution in [2.75, 3.05) is 18.2 Å². The highest BCUT2D eigenvalue weighted by Crippen LogP contribution is 2.34. The molecular formula is C46H53N3O10S. The van der Waals surface area contributed by atoms with E-state index in [0.717, 1.165) is 67.7 Å². The lowest BCUT2D eigenvalue weighted by atomic mass is 9.82. The summed E-state index contributed by atoms with van der Waals surface area (Å²) in [7, 11) is 0. The number of hydrogen-bond acceptors (Lipinski definition) is 13. The van der Waals surface area contributed by atoms with Crippen LogP contribution >= 0.6 is 11.3 Å². The molecule has 0 atom stereocenters. The minimum absolute atomic E-state index is 0.177. The Morgan fingerprint density at radius 2 is 1.45 bits per heavy atom. The third kappa shape index (κ3) is 14.1. The van der Waals surface area contributed by atoms with Crippen LogP contribution in [-0.2, 0) is 28.7 Å². The molecule has 318 valence electrons. The number of thiazole rings is 1. The van der Waals surface area contributed by atoms with Gasteiger partial charge < -0.3 is 23.7 Å². The first-order valence-corrected chi connectivity index (χ1v) is 21.5. The monoisotopic (exact) mass is 839 g/mol. The van der Waals surface area contributed by atoms with E-state index in [2.05, 4.69) is 23.6 Å². The van der Waals surface area contributed by atoms with Gasteiger partial charge in [0.1, 0.15) is 23.0 Å². The number of fused-ring (bicyclic) bond motifs is 1. The van der Waals surface area contributed by atoms with Crippen LogP contribution in [0.4, 0.5) is 5.13 Å². The fraction of sp³-hybridized carbons (Fsp3) is 0.413. The van der Waals surface area contributed by atoms with Gasteiger partial charge in [-0.2, -0.15) is 10.1 Å². The van der Waals surface area contributed by atoms with Crippen LogP contribution in [0.15, 0.2) is 84.5 Å². The number of rotatable bonds is 24. The van der Waals surface area contributed by atoms with Crippen LogP contribution in [0.2, 0.25) is 0 Å². The number of ether oxygens (including phenoxy) is 5. The van der Waals surface area contributed by atoms with Gasteiger partial charge in [0, 0.05) is 18.1 Å². The SMILES string of the molecule is C=CC(=O)OCCCCCCOc1ccc(OC(=O)[C@H]2CC[C@H](C(=O)Oc3ccc(OC=O)cc3/C=N/N(C(=O)CCCCCCC)c3nc4ccccc4s3)CC2)cc1. The van der Waals surface area contributed by atoms with Crippen molar-refractivity contribution >= 4 is 63.2 Å². The molecular weight excluding hydrogens is 787 g/mol. The second kappa shape index (κ2) is 24.3. The van der Waals surface area contributed by atoms with Crippen LogP contribution in [0.5, 0.6) is 23.0 Å². The minimum atomic E-state index is -0.462. The van der Waals surface area contributed by atoms with E-state index < -0.39 is 17.9 Å². The molecule has 1 aliphatic rings. The van der Waals surface area contributed by atoms with Crippen molar-refractivity contribution < 1.29 is 47.7 Å². The molecule has 0 N–H and O–H groups in total. The number of nitrogens with zero attached hydrogens (tertiary/aromatic N) is 3. The van der Waals surface area contributed by atoms with E-state index in [-0.39, 0.29) is 35.7 Å². The van der Waals surface area contributed by atoms with Gasteiger partial charge in [0.2, 0.25) is 11.0 Å². The van der Waals surface area contributed by atoms with E-state index in [1.54, 1.807) is 24.3 Å². The summed E-state index contributed by atoms with van der Waals surface area (Å²) in [5.74, 6) is -0.809. The van der Waals surface area contributed by atoms with Gasteiger partial charge in [0.15, 0.2) is 0 Å². The molecule has 1 saturated carbocycles. The largest absolute Gasteiger partial charge is 0.494 e. The van der Waals surface area contributed by atoms with Crippen LogP contribution in [-0.4, -0.2) is 54.7 Å². The number of anilines is 1. The summed E-state index contributed by atoms with van der Waals surface area (Å²) in [6.07, 6.45) is 13.0. The van der Waals surface area contributed by atoms with Crippen molar-refractivity contribution in [1.29, 1.82) is 0 Å². The van der Waals surface area contributed by atoms with Gasteiger partial charge in [-0.1, -0.05) is 62.7 Å². The summed E-state index contributed by atoms with van der Waals surface area (Å²) < 4.78 is 28.3. The Bertz CT molecular complexity index is 2040. The average Bonchev–Trinajstić information content (AvgIpc) is 3.70. The number of para-hydroxylation sites is 1. The molecule has 1 aromatic heterocycles. The van der Waals surface area contributed by atoms with Gasteiger partial charge in [-0.3, -0.25) is 19.2 Å². The molecule has 60 heavy (non-hydrogen) atoms. The standard InChI is InChI=1S/C46H53N3O10S/c1-3-5-6-7-10-17-42(51)49(46-48-39-15-11-12-16-41(39)60-46)47-31-35-30-38(57-32-50)26-27-40(35)59-45(54)34-20-18-33(19-21-34)44(53)58-37-24-22-36(23-25-37)55-28-13-8-9-14-29-56-43(52)4-2/h4,11-12,15-16,22-27,30-34H,2-3,5-10,13-14,17-21,28-29H2,1H3/b47-31+/t33-,34-. The molecule has 1 heterocycles. The van der Waals surface area contributed by atoms with Crippen LogP contribution in [0.3, 0.4) is 0 Å². The van der Waals surface area contributed by atoms with Crippen molar-refractivity contribution in [2.45, 2.75) is 96.8 Å². The third-order valence-corrected chi connectivity index (χ3v) is 11.0. The summed E-state index contributed by atoms with van der Waals surface area (Å²) in [4.78, 5) is 67.1. The summed E-state index contributed by atoms with van der Waals surface area (Å²) in [5.41, 5.74) is 1.06. The van der Waals surface area contributed by atoms with Crippen molar-refractivity contribution in [3.05, 3.63) is 84.9 Å². The van der Waals surface area contributed by atoms with Crippen LogP contribution in [0.25, 0.3) is 10.2 Å². The highest BCUT2D eigenvalue weighted by Gasteiger charge is 2.32. The first-order valence-electron chi connectivity index (χ1n) is 20.7. The normalized spacial score (nSPS) is 14.9. The van der Waals surface area contributed by atoms with E-state index in [4.69, 9.17) is 23.7 Å². The molecule has 4 aromatic rings. The Balaban J connectivity index is 1.14. The molecule has 0 unspecified atom stereocenters. The zero-order valence-corrected chi connectivity index (χ0v) is 34.9. The number of amides is 1. The number of hydrogen-bond donors (Lipinski definition) is 0. The van der Waals surface area contributed by atoms with Gasteiger partial charge in [0.25, 0.3) is 6.47 Å². The van der Waals surface area contributed by atoms with E-state index in [9.17, 15) is 24.0 Å². The molecule has 13 nitrogen and oxygen atoms in total. The Morgan fingerprint density at radius 3 is 2.15 bits per heavy atom. The summed E-state index contributed by atoms with van der Waals surface area (Å²) in [6.45, 7) is 6.73. The molecule has 1 fully saturated rings. The number of benzene rings is 3. The Morgan fingerprint density at radius 1 is 0.800 bits per heavy atom. The Kier molecular flexibility index (Phi) is 18.3. The highest BCUT2D eigenvalue weighted by molar-refractivity contribution is 7.22. The quantitative estimate of drug-likeness (QED) is 0.0126. The molecule has 14 heteroatoms. The number of aromatic nitrogens is 1. The second-order valence-electron chi connectivity index (χ2n) is 14.5. The summed E-state index contributed by atoms with van der Waals surface area (Å²) >= 11 is 1.35. The molecule has 1 amide bonds. The fourth-order valence-corrected chi connectivity index (χ4v) is 7.61. The van der Waals surface area contributed by atoms with Crippen LogP contribution in [0, 0.1) is 11.8 Å². The second-order valence-corrected chi connectivity index (χ2v) is 15.5.